The minimum atomic E-state index is -0.169. The highest BCUT2D eigenvalue weighted by molar-refractivity contribution is 6.42. The predicted octanol–water partition coefficient (Wildman–Crippen LogP) is 4.14. The summed E-state index contributed by atoms with van der Waals surface area (Å²) in [6, 6.07) is 6.54. The second kappa shape index (κ2) is 5.39. The van der Waals surface area contributed by atoms with Gasteiger partial charge >= 0.3 is 0 Å². The van der Waals surface area contributed by atoms with E-state index in [1.54, 1.807) is 12.1 Å². The summed E-state index contributed by atoms with van der Waals surface area (Å²) in [7, 11) is 0. The third-order valence-electron chi connectivity index (χ3n) is 2.74. The molecule has 2 rings (SSSR count). The summed E-state index contributed by atoms with van der Waals surface area (Å²) in [5.74, 6) is 0. The SMILES string of the molecule is CCC(c1ccc(Cl)c(Cl)c1)n1[nH]c(Cl)cc1=O. The number of nitrogens with one attached hydrogen (secondary N) is 1. The Morgan fingerprint density at radius 3 is 2.44 bits per heavy atom. The molecule has 0 saturated carbocycles. The van der Waals surface area contributed by atoms with Gasteiger partial charge in [-0.3, -0.25) is 9.89 Å². The highest BCUT2D eigenvalue weighted by Gasteiger charge is 2.16. The van der Waals surface area contributed by atoms with Crippen LogP contribution < -0.4 is 5.56 Å². The number of benzene rings is 1. The molecule has 1 unspecified atom stereocenters. The van der Waals surface area contributed by atoms with E-state index in [4.69, 9.17) is 34.8 Å². The molecule has 0 radical (unpaired) electrons. The first kappa shape index (κ1) is 13.5. The quantitative estimate of drug-likeness (QED) is 0.909. The maximum Gasteiger partial charge on any atom is 0.268 e. The molecule has 0 spiro atoms. The lowest BCUT2D eigenvalue weighted by molar-refractivity contribution is 0.495. The largest absolute Gasteiger partial charge is 0.284 e. The molecule has 0 saturated heterocycles. The molecular formula is C12H11Cl3N2O. The number of halogens is 3. The predicted molar refractivity (Wildman–Crippen MR) is 75.0 cm³/mol. The van der Waals surface area contributed by atoms with Crippen LogP contribution in [-0.4, -0.2) is 9.78 Å². The number of aromatic amines is 1. The van der Waals surface area contributed by atoms with Gasteiger partial charge in [0.25, 0.3) is 5.56 Å². The van der Waals surface area contributed by atoms with Crippen LogP contribution in [0.4, 0.5) is 0 Å². The standard InChI is InChI=1S/C12H11Cl3N2O/c1-2-10(17-12(18)6-11(15)16-17)7-3-4-8(13)9(14)5-7/h3-6,10,16H,2H2,1H3. The molecule has 0 aliphatic carbocycles. The number of aromatic nitrogens is 2. The van der Waals surface area contributed by atoms with Crippen molar-refractivity contribution in [1.29, 1.82) is 0 Å². The zero-order valence-electron chi connectivity index (χ0n) is 9.58. The molecule has 1 heterocycles. The third kappa shape index (κ3) is 2.58. The Morgan fingerprint density at radius 1 is 1.22 bits per heavy atom. The van der Waals surface area contributed by atoms with E-state index in [1.807, 2.05) is 13.0 Å². The number of hydrogen-bond donors (Lipinski definition) is 1. The molecule has 0 amide bonds. The number of H-pyrrole nitrogens is 1. The van der Waals surface area contributed by atoms with Gasteiger partial charge in [0.05, 0.1) is 16.1 Å². The molecule has 0 aliphatic rings. The number of hydrogen-bond acceptors (Lipinski definition) is 1. The molecule has 2 aromatic rings. The van der Waals surface area contributed by atoms with Crippen molar-refractivity contribution in [2.45, 2.75) is 19.4 Å². The van der Waals surface area contributed by atoms with Gasteiger partial charge in [0.1, 0.15) is 5.15 Å². The molecule has 1 atom stereocenters. The summed E-state index contributed by atoms with van der Waals surface area (Å²) in [5, 5.41) is 4.10. The van der Waals surface area contributed by atoms with E-state index in [-0.39, 0.29) is 11.6 Å². The van der Waals surface area contributed by atoms with Crippen molar-refractivity contribution in [2.75, 3.05) is 0 Å². The normalized spacial score (nSPS) is 12.7. The minimum Gasteiger partial charge on any atom is -0.284 e. The van der Waals surface area contributed by atoms with E-state index in [2.05, 4.69) is 5.10 Å². The Labute approximate surface area is 119 Å². The molecule has 1 aromatic heterocycles. The van der Waals surface area contributed by atoms with Crippen LogP contribution in [0, 0.1) is 0 Å². The van der Waals surface area contributed by atoms with Crippen LogP contribution in [0.3, 0.4) is 0 Å². The van der Waals surface area contributed by atoms with E-state index < -0.39 is 0 Å². The van der Waals surface area contributed by atoms with Crippen molar-refractivity contribution in [3.63, 3.8) is 0 Å². The Morgan fingerprint density at radius 2 is 1.94 bits per heavy atom. The van der Waals surface area contributed by atoms with Gasteiger partial charge in [-0.2, -0.15) is 0 Å². The lowest BCUT2D eigenvalue weighted by atomic mass is 10.1. The summed E-state index contributed by atoms with van der Waals surface area (Å²) in [6.07, 6.45) is 0.731. The van der Waals surface area contributed by atoms with E-state index in [9.17, 15) is 4.79 Å². The minimum absolute atomic E-state index is 0.139. The number of nitrogens with zero attached hydrogens (tertiary/aromatic N) is 1. The molecule has 96 valence electrons. The van der Waals surface area contributed by atoms with Crippen molar-refractivity contribution >= 4 is 34.8 Å². The average Bonchev–Trinajstić information content (AvgIpc) is 2.64. The fourth-order valence-corrected chi connectivity index (χ4v) is 2.39. The summed E-state index contributed by atoms with van der Waals surface area (Å²) in [5.41, 5.74) is 0.741. The molecule has 1 aromatic carbocycles. The van der Waals surface area contributed by atoms with Crippen LogP contribution >= 0.6 is 34.8 Å². The van der Waals surface area contributed by atoms with Gasteiger partial charge in [0.2, 0.25) is 0 Å². The first-order chi connectivity index (χ1) is 8.52. The van der Waals surface area contributed by atoms with Crippen molar-refractivity contribution in [1.82, 2.24) is 9.78 Å². The van der Waals surface area contributed by atoms with Crippen LogP contribution in [0.25, 0.3) is 0 Å². The number of rotatable bonds is 3. The van der Waals surface area contributed by atoms with E-state index >= 15 is 0 Å². The molecule has 0 aliphatic heterocycles. The fraction of sp³-hybridized carbons (Fsp3) is 0.250. The summed E-state index contributed by atoms with van der Waals surface area (Å²) < 4.78 is 1.49. The Hall–Kier alpha value is -0.900. The van der Waals surface area contributed by atoms with Crippen molar-refractivity contribution in [3.05, 3.63) is 55.4 Å². The molecule has 0 bridgehead atoms. The Kier molecular flexibility index (Phi) is 4.05. The molecule has 3 nitrogen and oxygen atoms in total. The van der Waals surface area contributed by atoms with Crippen LogP contribution in [0.2, 0.25) is 15.2 Å². The molecular weight excluding hydrogens is 295 g/mol. The third-order valence-corrected chi connectivity index (χ3v) is 3.67. The van der Waals surface area contributed by atoms with Gasteiger partial charge in [-0.15, -0.1) is 0 Å². The second-order valence-corrected chi connectivity index (χ2v) is 5.13. The van der Waals surface area contributed by atoms with Crippen molar-refractivity contribution in [3.8, 4) is 0 Å². The van der Waals surface area contributed by atoms with E-state index in [1.165, 1.54) is 10.7 Å². The summed E-state index contributed by atoms with van der Waals surface area (Å²) in [4.78, 5) is 11.8. The first-order valence-electron chi connectivity index (χ1n) is 5.45. The highest BCUT2D eigenvalue weighted by atomic mass is 35.5. The second-order valence-electron chi connectivity index (χ2n) is 3.91. The highest BCUT2D eigenvalue weighted by Crippen LogP contribution is 2.28. The van der Waals surface area contributed by atoms with E-state index in [0.29, 0.717) is 15.2 Å². The fourth-order valence-electron chi connectivity index (χ4n) is 1.90. The van der Waals surface area contributed by atoms with Gasteiger partial charge in [-0.1, -0.05) is 47.8 Å². The lowest BCUT2D eigenvalue weighted by Crippen LogP contribution is -2.22. The average molecular weight is 306 g/mol. The van der Waals surface area contributed by atoms with Gasteiger partial charge in [0.15, 0.2) is 0 Å². The van der Waals surface area contributed by atoms with Crippen molar-refractivity contribution < 1.29 is 0 Å². The zero-order chi connectivity index (χ0) is 13.3. The van der Waals surface area contributed by atoms with Crippen LogP contribution in [0.5, 0.6) is 0 Å². The molecule has 0 fully saturated rings. The maximum atomic E-state index is 11.8. The Bertz CT molecular complexity index is 618. The van der Waals surface area contributed by atoms with Crippen LogP contribution in [0.15, 0.2) is 29.1 Å². The first-order valence-corrected chi connectivity index (χ1v) is 6.58. The van der Waals surface area contributed by atoms with Gasteiger partial charge in [-0.25, -0.2) is 4.68 Å². The van der Waals surface area contributed by atoms with Crippen LogP contribution in [0.1, 0.15) is 24.9 Å². The maximum absolute atomic E-state index is 11.8. The Balaban J connectivity index is 2.48. The monoisotopic (exact) mass is 304 g/mol. The van der Waals surface area contributed by atoms with Crippen LogP contribution in [-0.2, 0) is 0 Å². The molecule has 18 heavy (non-hydrogen) atoms. The summed E-state index contributed by atoms with van der Waals surface area (Å²) >= 11 is 17.7. The molecule has 6 heteroatoms. The van der Waals surface area contributed by atoms with E-state index in [0.717, 1.165) is 12.0 Å². The van der Waals surface area contributed by atoms with Gasteiger partial charge in [0, 0.05) is 6.07 Å². The lowest BCUT2D eigenvalue weighted by Gasteiger charge is -2.16. The van der Waals surface area contributed by atoms with Gasteiger partial charge in [-0.05, 0) is 24.1 Å². The van der Waals surface area contributed by atoms with Gasteiger partial charge < -0.3 is 0 Å². The van der Waals surface area contributed by atoms with Crippen molar-refractivity contribution in [2.24, 2.45) is 0 Å². The zero-order valence-corrected chi connectivity index (χ0v) is 11.9. The topological polar surface area (TPSA) is 37.8 Å². The molecule has 1 N–H and O–H groups in total. The summed E-state index contributed by atoms with van der Waals surface area (Å²) in [6.45, 7) is 1.98. The smallest absolute Gasteiger partial charge is 0.268 e.